The quantitative estimate of drug-likeness (QED) is 0.318. The zero-order valence-electron chi connectivity index (χ0n) is 31.8. The van der Waals surface area contributed by atoms with E-state index in [1.54, 1.807) is 24.3 Å². The summed E-state index contributed by atoms with van der Waals surface area (Å²) in [7, 11) is 0. The predicted molar refractivity (Wildman–Crippen MR) is 195 cm³/mol. The van der Waals surface area contributed by atoms with Gasteiger partial charge in [0.1, 0.15) is 11.1 Å². The lowest BCUT2D eigenvalue weighted by Crippen LogP contribution is -2.69. The topological polar surface area (TPSA) is 124 Å². The van der Waals surface area contributed by atoms with Crippen LogP contribution in [0.3, 0.4) is 0 Å². The molecule has 4 saturated heterocycles. The molecule has 0 saturated carbocycles. The highest BCUT2D eigenvalue weighted by Crippen LogP contribution is 2.48. The van der Waals surface area contributed by atoms with Gasteiger partial charge in [-0.25, -0.2) is 19.4 Å². The molecule has 4 aliphatic heterocycles. The number of piperidine rings is 2. The minimum atomic E-state index is -1.03. The summed E-state index contributed by atoms with van der Waals surface area (Å²) in [5, 5.41) is 10.1. The number of benzene rings is 2. The first-order valence-corrected chi connectivity index (χ1v) is 18.1. The second-order valence-corrected chi connectivity index (χ2v) is 17.2. The van der Waals surface area contributed by atoms with Gasteiger partial charge in [0.2, 0.25) is 0 Å². The first-order valence-electron chi connectivity index (χ1n) is 18.1. The van der Waals surface area contributed by atoms with E-state index in [4.69, 9.17) is 9.68 Å². The number of carbonyl (C=O) groups excluding carboxylic acids is 4. The van der Waals surface area contributed by atoms with Gasteiger partial charge in [-0.3, -0.25) is 19.3 Å². The van der Waals surface area contributed by atoms with Crippen molar-refractivity contribution in [3.8, 4) is 0 Å². The molecule has 6 amide bonds. The molecule has 2 spiro atoms. The van der Waals surface area contributed by atoms with E-state index in [-0.39, 0.29) is 11.8 Å². The van der Waals surface area contributed by atoms with Crippen molar-refractivity contribution in [3.05, 3.63) is 59.7 Å². The smallest absolute Gasteiger partial charge is 0.323 e. The molecule has 6 rings (SSSR count). The number of hydrogen-bond acceptors (Lipinski definition) is 8. The SMILES string of the molecule is CCON1C(C)(C)CC2(CC1(C)C)NC(=O)N(c1ccc(Cc3ccc(N4C(=O)NC5(CC(C)(C)N(OCC)C(C)(C)C5)C4=O)cc3)cc1)C2=O. The van der Waals surface area contributed by atoms with E-state index in [0.717, 1.165) is 11.1 Å². The predicted octanol–water partition coefficient (Wildman–Crippen LogP) is 6.08. The molecular formula is C39H54N6O6. The van der Waals surface area contributed by atoms with E-state index in [2.05, 4.69) is 10.6 Å². The van der Waals surface area contributed by atoms with Crippen molar-refractivity contribution in [3.63, 3.8) is 0 Å². The van der Waals surface area contributed by atoms with Crippen LogP contribution in [0.4, 0.5) is 21.0 Å². The minimum Gasteiger partial charge on any atom is -0.323 e. The molecule has 2 N–H and O–H groups in total. The van der Waals surface area contributed by atoms with Gasteiger partial charge in [0.05, 0.1) is 24.6 Å². The lowest BCUT2D eigenvalue weighted by molar-refractivity contribution is -0.286. The van der Waals surface area contributed by atoms with Crippen molar-refractivity contribution in [2.24, 2.45) is 0 Å². The van der Waals surface area contributed by atoms with Gasteiger partial charge in [0.25, 0.3) is 11.8 Å². The van der Waals surface area contributed by atoms with Gasteiger partial charge in [-0.05, 0) is 137 Å². The second-order valence-electron chi connectivity index (χ2n) is 17.2. The van der Waals surface area contributed by atoms with Crippen molar-refractivity contribution in [2.75, 3.05) is 23.0 Å². The highest BCUT2D eigenvalue weighted by molar-refractivity contribution is 6.24. The molecule has 0 bridgehead atoms. The molecule has 2 aromatic carbocycles. The number of anilines is 2. The number of nitrogens with one attached hydrogen (secondary N) is 2. The molecule has 0 aromatic heterocycles. The Kier molecular flexibility index (Phi) is 8.97. The van der Waals surface area contributed by atoms with Gasteiger partial charge >= 0.3 is 12.1 Å². The van der Waals surface area contributed by atoms with Crippen LogP contribution in [-0.2, 0) is 25.7 Å². The summed E-state index contributed by atoms with van der Waals surface area (Å²) >= 11 is 0. The highest BCUT2D eigenvalue weighted by Gasteiger charge is 2.63. The summed E-state index contributed by atoms with van der Waals surface area (Å²) in [4.78, 5) is 69.2. The molecule has 4 aliphatic rings. The van der Waals surface area contributed by atoms with Gasteiger partial charge in [0.15, 0.2) is 0 Å². The van der Waals surface area contributed by atoms with E-state index in [1.807, 2.05) is 104 Å². The molecule has 0 radical (unpaired) electrons. The van der Waals surface area contributed by atoms with Crippen LogP contribution >= 0.6 is 0 Å². The average molecular weight is 703 g/mol. The fourth-order valence-electron chi connectivity index (χ4n) is 9.91. The monoisotopic (exact) mass is 702 g/mol. The molecule has 0 unspecified atom stereocenters. The maximum absolute atomic E-state index is 14.0. The summed E-state index contributed by atoms with van der Waals surface area (Å²) in [5.41, 5.74) is -1.00. The van der Waals surface area contributed by atoms with Crippen LogP contribution in [-0.4, -0.2) is 80.5 Å². The Morgan fingerprint density at radius 3 is 1.10 bits per heavy atom. The third-order valence-electron chi connectivity index (χ3n) is 10.8. The fourth-order valence-corrected chi connectivity index (χ4v) is 9.91. The first-order chi connectivity index (χ1) is 23.7. The molecule has 0 aliphatic carbocycles. The van der Waals surface area contributed by atoms with Crippen LogP contribution in [0.25, 0.3) is 0 Å². The summed E-state index contributed by atoms with van der Waals surface area (Å²) in [6.45, 7) is 21.2. The first kappa shape index (κ1) is 36.9. The Morgan fingerprint density at radius 2 is 0.824 bits per heavy atom. The molecule has 0 atom stereocenters. The van der Waals surface area contributed by atoms with Crippen LogP contribution in [0.1, 0.15) is 106 Å². The molecular weight excluding hydrogens is 648 g/mol. The van der Waals surface area contributed by atoms with Crippen molar-refractivity contribution in [2.45, 2.75) is 135 Å². The second kappa shape index (κ2) is 12.4. The normalized spacial score (nSPS) is 24.7. The molecule has 2 aromatic rings. The number of hydroxylamine groups is 4. The van der Waals surface area contributed by atoms with Crippen molar-refractivity contribution in [1.29, 1.82) is 0 Å². The zero-order valence-corrected chi connectivity index (χ0v) is 31.8. The number of imide groups is 2. The van der Waals surface area contributed by atoms with Gasteiger partial charge in [0, 0.05) is 22.2 Å². The van der Waals surface area contributed by atoms with Crippen molar-refractivity contribution >= 4 is 35.3 Å². The number of nitrogens with zero attached hydrogens (tertiary/aromatic N) is 4. The summed E-state index contributed by atoms with van der Waals surface area (Å²) in [6, 6.07) is 14.0. The van der Waals surface area contributed by atoms with Gasteiger partial charge in [-0.2, -0.15) is 10.1 Å². The Balaban J connectivity index is 1.14. The Morgan fingerprint density at radius 1 is 0.529 bits per heavy atom. The number of carbonyl (C=O) groups is 4. The van der Waals surface area contributed by atoms with Crippen LogP contribution in [0.15, 0.2) is 48.5 Å². The number of urea groups is 2. The molecule has 51 heavy (non-hydrogen) atoms. The third-order valence-corrected chi connectivity index (χ3v) is 10.8. The summed E-state index contributed by atoms with van der Waals surface area (Å²) in [6.07, 6.45) is 2.28. The zero-order chi connectivity index (χ0) is 37.4. The number of rotatable bonds is 8. The Labute approximate surface area is 301 Å². The lowest BCUT2D eigenvalue weighted by Gasteiger charge is -2.56. The number of hydrogen-bond donors (Lipinski definition) is 2. The van der Waals surface area contributed by atoms with Crippen LogP contribution in [0.5, 0.6) is 0 Å². The maximum atomic E-state index is 14.0. The lowest BCUT2D eigenvalue weighted by atomic mass is 9.70. The van der Waals surface area contributed by atoms with E-state index < -0.39 is 45.3 Å². The largest absolute Gasteiger partial charge is 0.329 e. The standard InChI is InChI=1S/C39H54N6O6/c1-11-50-44-34(3,4)22-38(23-35(44,5)6)30(46)42(32(48)40-38)28-17-13-26(14-18-28)21-27-15-19-29(20-16-27)43-31(47)39(41-33(43)49)24-36(7,8)45(51-12-2)37(9,10)25-39/h13-20H,11-12,21-25H2,1-10H3,(H,40,48)(H,41,49). The third kappa shape index (κ3) is 6.23. The van der Waals surface area contributed by atoms with E-state index in [0.29, 0.717) is 56.7 Å². The fraction of sp³-hybridized carbons (Fsp3) is 0.590. The Bertz CT molecular complexity index is 1550. The van der Waals surface area contributed by atoms with Crippen LogP contribution in [0, 0.1) is 0 Å². The van der Waals surface area contributed by atoms with Crippen molar-refractivity contribution in [1.82, 2.24) is 20.8 Å². The molecule has 4 heterocycles. The van der Waals surface area contributed by atoms with Gasteiger partial charge in [-0.1, -0.05) is 24.3 Å². The van der Waals surface area contributed by atoms with Crippen molar-refractivity contribution < 1.29 is 28.9 Å². The highest BCUT2D eigenvalue weighted by atomic mass is 16.7. The minimum absolute atomic E-state index is 0.248. The van der Waals surface area contributed by atoms with E-state index >= 15 is 0 Å². The Hall–Kier alpha value is -3.84. The summed E-state index contributed by atoms with van der Waals surface area (Å²) < 4.78 is 0. The van der Waals surface area contributed by atoms with Gasteiger partial charge in [-0.15, -0.1) is 0 Å². The average Bonchev–Trinajstić information content (AvgIpc) is 3.38. The molecule has 276 valence electrons. The van der Waals surface area contributed by atoms with Gasteiger partial charge < -0.3 is 10.6 Å². The van der Waals surface area contributed by atoms with Crippen LogP contribution < -0.4 is 20.4 Å². The number of amides is 6. The molecule has 12 heteroatoms. The maximum Gasteiger partial charge on any atom is 0.329 e. The van der Waals surface area contributed by atoms with Crippen LogP contribution in [0.2, 0.25) is 0 Å². The van der Waals surface area contributed by atoms with E-state index in [1.165, 1.54) is 9.80 Å². The molecule has 4 fully saturated rings. The summed E-state index contributed by atoms with van der Waals surface area (Å²) in [5.74, 6) is -0.496. The van der Waals surface area contributed by atoms with E-state index in [9.17, 15) is 19.2 Å². The molecule has 12 nitrogen and oxygen atoms in total.